The Morgan fingerprint density at radius 1 is 1.16 bits per heavy atom. The summed E-state index contributed by atoms with van der Waals surface area (Å²) in [5.41, 5.74) is -0.294. The highest BCUT2D eigenvalue weighted by Gasteiger charge is 2.42. The predicted molar refractivity (Wildman–Crippen MR) is 114 cm³/mol. The Morgan fingerprint density at radius 2 is 1.88 bits per heavy atom. The first-order valence-electron chi connectivity index (χ1n) is 10.2. The number of aromatic amines is 1. The highest BCUT2D eigenvalue weighted by molar-refractivity contribution is 6.34. The van der Waals surface area contributed by atoms with Crippen LogP contribution in [-0.2, 0) is 6.18 Å². The van der Waals surface area contributed by atoms with E-state index in [4.69, 9.17) is 11.6 Å². The average Bonchev–Trinajstić information content (AvgIpc) is 3.44. The van der Waals surface area contributed by atoms with Gasteiger partial charge in [-0.1, -0.05) is 48.7 Å². The molecule has 1 fully saturated rings. The lowest BCUT2D eigenvalue weighted by Gasteiger charge is -2.34. The molecule has 32 heavy (non-hydrogen) atoms. The van der Waals surface area contributed by atoms with E-state index in [2.05, 4.69) is 15.5 Å². The molecule has 5 nitrogen and oxygen atoms in total. The van der Waals surface area contributed by atoms with E-state index in [1.165, 1.54) is 6.07 Å². The van der Waals surface area contributed by atoms with Gasteiger partial charge in [0.25, 0.3) is 5.91 Å². The number of halogens is 4. The number of hydrogen-bond acceptors (Lipinski definition) is 3. The van der Waals surface area contributed by atoms with Crippen LogP contribution in [0, 0.1) is 0 Å². The van der Waals surface area contributed by atoms with Gasteiger partial charge in [0, 0.05) is 11.8 Å². The summed E-state index contributed by atoms with van der Waals surface area (Å²) in [5, 5.41) is 20.1. The van der Waals surface area contributed by atoms with Crippen molar-refractivity contribution in [3.8, 4) is 11.1 Å². The number of carbonyl (C=O) groups excluding carboxylic acids is 1. The third kappa shape index (κ3) is 4.38. The molecule has 1 atom stereocenters. The number of aromatic nitrogens is 2. The molecule has 0 aliphatic heterocycles. The van der Waals surface area contributed by atoms with E-state index in [1.54, 1.807) is 24.5 Å². The molecule has 1 saturated carbocycles. The molecular weight excluding hydrogens is 443 g/mol. The smallest absolute Gasteiger partial charge is 0.387 e. The first kappa shape index (κ1) is 22.4. The van der Waals surface area contributed by atoms with Crippen LogP contribution in [0.15, 0.2) is 54.9 Å². The molecule has 1 heterocycles. The molecule has 1 unspecified atom stereocenters. The number of nitrogens with zero attached hydrogens (tertiary/aromatic N) is 1. The maximum absolute atomic E-state index is 13.2. The molecule has 0 bridgehead atoms. The molecule has 9 heteroatoms. The monoisotopic (exact) mass is 463 g/mol. The molecule has 0 radical (unpaired) electrons. The minimum atomic E-state index is -4.69. The molecule has 4 rings (SSSR count). The van der Waals surface area contributed by atoms with Gasteiger partial charge in [0.15, 0.2) is 0 Å². The van der Waals surface area contributed by atoms with Gasteiger partial charge in [-0.25, -0.2) is 0 Å². The van der Waals surface area contributed by atoms with Gasteiger partial charge in [-0.2, -0.15) is 18.3 Å². The fourth-order valence-corrected chi connectivity index (χ4v) is 4.56. The van der Waals surface area contributed by atoms with Crippen LogP contribution in [-0.4, -0.2) is 26.8 Å². The highest BCUT2D eigenvalue weighted by Crippen LogP contribution is 2.41. The van der Waals surface area contributed by atoms with Crippen molar-refractivity contribution in [3.63, 3.8) is 0 Å². The van der Waals surface area contributed by atoms with Gasteiger partial charge in [0.1, 0.15) is 0 Å². The van der Waals surface area contributed by atoms with Gasteiger partial charge < -0.3 is 10.4 Å². The number of rotatable bonds is 5. The van der Waals surface area contributed by atoms with Gasteiger partial charge in [-0.15, -0.1) is 0 Å². The third-order valence-electron chi connectivity index (χ3n) is 5.88. The van der Waals surface area contributed by atoms with Crippen LogP contribution in [0.25, 0.3) is 11.1 Å². The Balaban J connectivity index is 1.71. The molecule has 168 valence electrons. The topological polar surface area (TPSA) is 78.0 Å². The van der Waals surface area contributed by atoms with E-state index in [0.717, 1.165) is 36.1 Å². The van der Waals surface area contributed by atoms with Crippen molar-refractivity contribution < 1.29 is 23.1 Å². The highest BCUT2D eigenvalue weighted by atomic mass is 35.5. The largest absolute Gasteiger partial charge is 0.417 e. The second kappa shape index (κ2) is 8.60. The van der Waals surface area contributed by atoms with E-state index >= 15 is 0 Å². The van der Waals surface area contributed by atoms with Crippen LogP contribution < -0.4 is 5.32 Å². The van der Waals surface area contributed by atoms with E-state index < -0.39 is 34.3 Å². The van der Waals surface area contributed by atoms with Crippen LogP contribution >= 0.6 is 11.6 Å². The first-order chi connectivity index (χ1) is 15.2. The lowest BCUT2D eigenvalue weighted by molar-refractivity contribution is -0.137. The minimum Gasteiger partial charge on any atom is -0.387 e. The Labute approximate surface area is 187 Å². The maximum atomic E-state index is 13.2. The van der Waals surface area contributed by atoms with Crippen LogP contribution in [0.2, 0.25) is 5.02 Å². The summed E-state index contributed by atoms with van der Waals surface area (Å²) >= 11 is 5.95. The summed E-state index contributed by atoms with van der Waals surface area (Å²) in [7, 11) is 0. The molecular formula is C23H21ClF3N3O2. The second-order valence-electron chi connectivity index (χ2n) is 7.99. The van der Waals surface area contributed by atoms with E-state index in [1.807, 2.05) is 12.1 Å². The van der Waals surface area contributed by atoms with Crippen LogP contribution in [0.3, 0.4) is 0 Å². The zero-order valence-electron chi connectivity index (χ0n) is 16.9. The lowest BCUT2D eigenvalue weighted by atomic mass is 9.85. The fourth-order valence-electron chi connectivity index (χ4n) is 4.25. The number of aliphatic hydroxyl groups is 1. The normalized spacial score (nSPS) is 16.7. The number of amides is 1. The van der Waals surface area contributed by atoms with Crippen molar-refractivity contribution in [2.24, 2.45) is 0 Å². The predicted octanol–water partition coefficient (Wildman–Crippen LogP) is 5.53. The SMILES string of the molecule is O=C(NC(c1cccc(-c2cn[nH]c2)c1)C1(O)CCCC1)c1cccc(C(F)(F)F)c1Cl. The Hall–Kier alpha value is -2.84. The summed E-state index contributed by atoms with van der Waals surface area (Å²) in [6.07, 6.45) is 1.19. The second-order valence-corrected chi connectivity index (χ2v) is 8.37. The Kier molecular flexibility index (Phi) is 6.01. The van der Waals surface area contributed by atoms with Gasteiger partial charge in [0.2, 0.25) is 0 Å². The van der Waals surface area contributed by atoms with Gasteiger partial charge in [0.05, 0.1) is 34.0 Å². The number of hydrogen-bond donors (Lipinski definition) is 3. The summed E-state index contributed by atoms with van der Waals surface area (Å²) < 4.78 is 39.7. The molecule has 2 aromatic carbocycles. The number of nitrogens with one attached hydrogen (secondary N) is 2. The van der Waals surface area contributed by atoms with Crippen LogP contribution in [0.5, 0.6) is 0 Å². The van der Waals surface area contributed by atoms with Crippen molar-refractivity contribution in [2.45, 2.75) is 43.5 Å². The number of alkyl halides is 3. The van der Waals surface area contributed by atoms with Crippen molar-refractivity contribution in [3.05, 3.63) is 76.6 Å². The molecule has 1 aliphatic carbocycles. The van der Waals surface area contributed by atoms with Crippen LogP contribution in [0.4, 0.5) is 13.2 Å². The number of carbonyl (C=O) groups is 1. The summed E-state index contributed by atoms with van der Waals surface area (Å²) in [4.78, 5) is 13.1. The van der Waals surface area contributed by atoms with E-state index in [-0.39, 0.29) is 5.56 Å². The van der Waals surface area contributed by atoms with Crippen molar-refractivity contribution >= 4 is 17.5 Å². The van der Waals surface area contributed by atoms with Gasteiger partial charge >= 0.3 is 6.18 Å². The van der Waals surface area contributed by atoms with Crippen molar-refractivity contribution in [2.75, 3.05) is 0 Å². The van der Waals surface area contributed by atoms with E-state index in [0.29, 0.717) is 18.4 Å². The lowest BCUT2D eigenvalue weighted by Crippen LogP contribution is -2.44. The molecule has 1 aromatic heterocycles. The average molecular weight is 464 g/mol. The Bertz CT molecular complexity index is 1110. The molecule has 3 N–H and O–H groups in total. The molecule has 1 aliphatic rings. The molecule has 0 spiro atoms. The minimum absolute atomic E-state index is 0.293. The van der Waals surface area contributed by atoms with Gasteiger partial charge in [-0.05, 0) is 42.2 Å². The summed E-state index contributed by atoms with van der Waals surface area (Å²) in [5.74, 6) is -0.778. The molecule has 1 amide bonds. The number of benzene rings is 2. The Morgan fingerprint density at radius 3 is 2.53 bits per heavy atom. The van der Waals surface area contributed by atoms with Crippen molar-refractivity contribution in [1.82, 2.24) is 15.5 Å². The van der Waals surface area contributed by atoms with Crippen molar-refractivity contribution in [1.29, 1.82) is 0 Å². The molecule has 3 aromatic rings. The first-order valence-corrected chi connectivity index (χ1v) is 10.5. The zero-order valence-corrected chi connectivity index (χ0v) is 17.7. The summed E-state index contributed by atoms with van der Waals surface area (Å²) in [6.45, 7) is 0. The van der Waals surface area contributed by atoms with E-state index in [9.17, 15) is 23.1 Å². The number of H-pyrrole nitrogens is 1. The quantitative estimate of drug-likeness (QED) is 0.466. The molecule has 0 saturated heterocycles. The summed E-state index contributed by atoms with van der Waals surface area (Å²) in [6, 6.07) is 9.66. The fraction of sp³-hybridized carbons (Fsp3) is 0.304. The maximum Gasteiger partial charge on any atom is 0.417 e. The third-order valence-corrected chi connectivity index (χ3v) is 6.29. The van der Waals surface area contributed by atoms with Crippen LogP contribution in [0.1, 0.15) is 53.2 Å². The van der Waals surface area contributed by atoms with Gasteiger partial charge in [-0.3, -0.25) is 9.89 Å². The standard InChI is InChI=1S/C23H21ClF3N3O2/c24-19-17(7-4-8-18(19)23(25,26)27)21(31)30-20(22(32)9-1-2-10-22)15-6-3-5-14(11-15)16-12-28-29-13-16/h3-8,11-13,20,32H,1-2,9-10H2,(H,28,29)(H,30,31). The zero-order chi connectivity index (χ0) is 22.9.